The van der Waals surface area contributed by atoms with Crippen LogP contribution in [0.1, 0.15) is 82.0 Å². The van der Waals surface area contributed by atoms with E-state index in [2.05, 4.69) is 12.2 Å². The molecule has 0 aliphatic rings. The van der Waals surface area contributed by atoms with Crippen LogP contribution in [0, 0.1) is 0 Å². The molecule has 0 saturated heterocycles. The quantitative estimate of drug-likeness (QED) is 0.279. The second kappa shape index (κ2) is 13.5. The fraction of sp³-hybridized carbons (Fsp3) is 0.619. The zero-order valence-electron chi connectivity index (χ0n) is 15.8. The molecule has 1 rings (SSSR count). The van der Waals surface area contributed by atoms with Crippen molar-refractivity contribution in [2.24, 2.45) is 0 Å². The van der Waals surface area contributed by atoms with Crippen molar-refractivity contribution >= 4 is 17.4 Å². The second-order valence-electron chi connectivity index (χ2n) is 6.54. The van der Waals surface area contributed by atoms with Gasteiger partial charge in [0.05, 0.1) is 0 Å². The van der Waals surface area contributed by atoms with Gasteiger partial charge in [-0.05, 0) is 30.7 Å². The predicted octanol–water partition coefficient (Wildman–Crippen LogP) is 5.38. The number of ketones is 1. The number of ether oxygens (including phenoxy) is 1. The molecule has 0 aliphatic carbocycles. The highest BCUT2D eigenvalue weighted by atomic mass is 16.5. The van der Waals surface area contributed by atoms with Crippen molar-refractivity contribution < 1.29 is 14.3 Å². The van der Waals surface area contributed by atoms with E-state index in [0.717, 1.165) is 12.2 Å². The summed E-state index contributed by atoms with van der Waals surface area (Å²) in [5.74, 6) is -0.617. The first-order valence-corrected chi connectivity index (χ1v) is 9.64. The van der Waals surface area contributed by atoms with Gasteiger partial charge in [0.2, 0.25) is 0 Å². The number of anilines is 1. The van der Waals surface area contributed by atoms with Crippen LogP contribution in [0.5, 0.6) is 0 Å². The summed E-state index contributed by atoms with van der Waals surface area (Å²) in [7, 11) is 0. The number of carbonyl (C=O) groups is 2. The number of hydrogen-bond acceptors (Lipinski definition) is 4. The van der Waals surface area contributed by atoms with Crippen molar-refractivity contribution in [1.29, 1.82) is 0 Å². The molecule has 4 nitrogen and oxygen atoms in total. The van der Waals surface area contributed by atoms with Gasteiger partial charge in [-0.3, -0.25) is 9.59 Å². The van der Waals surface area contributed by atoms with Crippen LogP contribution in [0.15, 0.2) is 24.3 Å². The average Bonchev–Trinajstić information content (AvgIpc) is 2.61. The number of rotatable bonds is 14. The maximum absolute atomic E-state index is 11.8. The summed E-state index contributed by atoms with van der Waals surface area (Å²) in [5.41, 5.74) is 1.58. The minimum absolute atomic E-state index is 0.180. The van der Waals surface area contributed by atoms with Gasteiger partial charge in [0, 0.05) is 24.7 Å². The molecule has 0 atom stereocenters. The van der Waals surface area contributed by atoms with Crippen LogP contribution in [0.4, 0.5) is 5.69 Å². The van der Waals surface area contributed by atoms with Gasteiger partial charge in [-0.2, -0.15) is 0 Å². The number of Topliss-reactive ketones (excluding diaryl/α,β-unsaturated/α-hetero) is 1. The number of carbonyl (C=O) groups excluding carboxylic acids is 2. The summed E-state index contributed by atoms with van der Waals surface area (Å²) in [5, 5.41) is 3.38. The molecule has 0 aromatic heterocycles. The zero-order valence-corrected chi connectivity index (χ0v) is 15.8. The Labute approximate surface area is 152 Å². The Kier molecular flexibility index (Phi) is 11.4. The van der Waals surface area contributed by atoms with E-state index in [0.29, 0.717) is 5.56 Å². The highest BCUT2D eigenvalue weighted by Gasteiger charge is 2.07. The smallest absolute Gasteiger partial charge is 0.303 e. The Morgan fingerprint density at radius 3 is 2.00 bits per heavy atom. The van der Waals surface area contributed by atoms with E-state index in [-0.39, 0.29) is 12.4 Å². The molecule has 1 aromatic carbocycles. The van der Waals surface area contributed by atoms with Gasteiger partial charge in [-0.25, -0.2) is 0 Å². The lowest BCUT2D eigenvalue weighted by atomic mass is 10.1. The van der Waals surface area contributed by atoms with Gasteiger partial charge in [-0.1, -0.05) is 58.3 Å². The van der Waals surface area contributed by atoms with E-state index in [1.807, 2.05) is 12.1 Å². The van der Waals surface area contributed by atoms with Crippen LogP contribution in [-0.4, -0.2) is 24.9 Å². The molecule has 1 N–H and O–H groups in total. The van der Waals surface area contributed by atoms with E-state index >= 15 is 0 Å². The van der Waals surface area contributed by atoms with E-state index in [1.165, 1.54) is 64.7 Å². The van der Waals surface area contributed by atoms with E-state index in [1.54, 1.807) is 12.1 Å². The lowest BCUT2D eigenvalue weighted by Gasteiger charge is -2.07. The Hall–Kier alpha value is -1.84. The lowest BCUT2D eigenvalue weighted by molar-refractivity contribution is -0.139. The van der Waals surface area contributed by atoms with Crippen LogP contribution in [-0.2, 0) is 9.53 Å². The fourth-order valence-corrected chi connectivity index (χ4v) is 2.69. The summed E-state index contributed by atoms with van der Waals surface area (Å²) in [6.45, 7) is 4.31. The molecular weight excluding hydrogens is 314 g/mol. The van der Waals surface area contributed by atoms with Gasteiger partial charge >= 0.3 is 5.97 Å². The molecule has 25 heavy (non-hydrogen) atoms. The van der Waals surface area contributed by atoms with E-state index in [4.69, 9.17) is 4.74 Å². The average molecular weight is 347 g/mol. The molecule has 0 amide bonds. The predicted molar refractivity (Wildman–Crippen MR) is 103 cm³/mol. The Bertz CT molecular complexity index is 496. The third-order valence-corrected chi connectivity index (χ3v) is 4.22. The Morgan fingerprint density at radius 1 is 0.880 bits per heavy atom. The summed E-state index contributed by atoms with van der Waals surface area (Å²) >= 11 is 0. The van der Waals surface area contributed by atoms with Crippen molar-refractivity contribution in [3.8, 4) is 0 Å². The first-order valence-electron chi connectivity index (χ1n) is 9.64. The molecule has 0 aliphatic heterocycles. The standard InChI is InChI=1S/C21H33NO3/c1-3-4-5-6-7-8-9-10-11-16-22-20-14-12-19(13-15-20)21(24)17-25-18(2)23/h12-15,22H,3-11,16-17H2,1-2H3. The molecule has 0 fully saturated rings. The lowest BCUT2D eigenvalue weighted by Crippen LogP contribution is -2.11. The molecular formula is C21H33NO3. The molecule has 140 valence electrons. The van der Waals surface area contributed by atoms with Crippen molar-refractivity contribution in [3.63, 3.8) is 0 Å². The molecule has 0 saturated carbocycles. The fourth-order valence-electron chi connectivity index (χ4n) is 2.69. The van der Waals surface area contributed by atoms with Crippen molar-refractivity contribution in [2.75, 3.05) is 18.5 Å². The zero-order chi connectivity index (χ0) is 18.3. The largest absolute Gasteiger partial charge is 0.457 e. The van der Waals surface area contributed by atoms with Crippen molar-refractivity contribution in [2.45, 2.75) is 71.6 Å². The first-order chi connectivity index (χ1) is 12.1. The third kappa shape index (κ3) is 10.6. The van der Waals surface area contributed by atoms with Crippen LogP contribution in [0.25, 0.3) is 0 Å². The summed E-state index contributed by atoms with van der Waals surface area (Å²) in [6, 6.07) is 7.33. The normalized spacial score (nSPS) is 10.5. The van der Waals surface area contributed by atoms with Gasteiger partial charge in [0.1, 0.15) is 0 Å². The monoisotopic (exact) mass is 347 g/mol. The van der Waals surface area contributed by atoms with Crippen LogP contribution in [0.2, 0.25) is 0 Å². The van der Waals surface area contributed by atoms with E-state index in [9.17, 15) is 9.59 Å². The maximum atomic E-state index is 11.8. The van der Waals surface area contributed by atoms with Gasteiger partial charge in [0.25, 0.3) is 0 Å². The molecule has 0 spiro atoms. The molecule has 0 heterocycles. The number of nitrogens with one attached hydrogen (secondary N) is 1. The minimum Gasteiger partial charge on any atom is -0.457 e. The number of hydrogen-bond donors (Lipinski definition) is 1. The Balaban J connectivity index is 2.09. The second-order valence-corrected chi connectivity index (χ2v) is 6.54. The van der Waals surface area contributed by atoms with Crippen LogP contribution in [0.3, 0.4) is 0 Å². The topological polar surface area (TPSA) is 55.4 Å². The molecule has 0 bridgehead atoms. The maximum Gasteiger partial charge on any atom is 0.303 e. The minimum atomic E-state index is -0.437. The molecule has 0 radical (unpaired) electrons. The summed E-state index contributed by atoms with van der Waals surface area (Å²) < 4.78 is 4.72. The van der Waals surface area contributed by atoms with Gasteiger partial charge < -0.3 is 10.1 Å². The SMILES string of the molecule is CCCCCCCCCCCNc1ccc(C(=O)COC(C)=O)cc1. The van der Waals surface area contributed by atoms with Crippen molar-refractivity contribution in [1.82, 2.24) is 0 Å². The van der Waals surface area contributed by atoms with Gasteiger partial charge in [0.15, 0.2) is 12.4 Å². The molecule has 0 unspecified atom stereocenters. The van der Waals surface area contributed by atoms with Crippen LogP contribution >= 0.6 is 0 Å². The molecule has 1 aromatic rings. The summed E-state index contributed by atoms with van der Waals surface area (Å²) in [6.07, 6.45) is 11.9. The van der Waals surface area contributed by atoms with Gasteiger partial charge in [-0.15, -0.1) is 0 Å². The van der Waals surface area contributed by atoms with Crippen LogP contribution < -0.4 is 5.32 Å². The highest BCUT2D eigenvalue weighted by Crippen LogP contribution is 2.12. The third-order valence-electron chi connectivity index (χ3n) is 4.22. The highest BCUT2D eigenvalue weighted by molar-refractivity contribution is 5.98. The Morgan fingerprint density at radius 2 is 1.44 bits per heavy atom. The van der Waals surface area contributed by atoms with E-state index < -0.39 is 5.97 Å². The number of benzene rings is 1. The number of esters is 1. The first kappa shape index (κ1) is 21.2. The van der Waals surface area contributed by atoms with Crippen molar-refractivity contribution in [3.05, 3.63) is 29.8 Å². The molecule has 4 heteroatoms. The summed E-state index contributed by atoms with van der Waals surface area (Å²) in [4.78, 5) is 22.5. The number of unbranched alkanes of at least 4 members (excludes halogenated alkanes) is 8.